The lowest BCUT2D eigenvalue weighted by atomic mass is 10.1. The normalized spacial score (nSPS) is 13.8. The highest BCUT2D eigenvalue weighted by Crippen LogP contribution is 2.21. The largest absolute Gasteiger partial charge is 0.401 e. The van der Waals surface area contributed by atoms with E-state index in [1.165, 1.54) is 12.1 Å². The number of rotatable bonds is 4. The van der Waals surface area contributed by atoms with Gasteiger partial charge in [-0.15, -0.1) is 0 Å². The number of hydrogen-bond acceptors (Lipinski definition) is 2. The van der Waals surface area contributed by atoms with E-state index in [1.54, 1.807) is 0 Å². The number of nitrogens with one attached hydrogen (secondary N) is 1. The van der Waals surface area contributed by atoms with Gasteiger partial charge in [-0.1, -0.05) is 6.07 Å². The Morgan fingerprint density at radius 2 is 2.00 bits per heavy atom. The first-order chi connectivity index (χ1) is 7.83. The van der Waals surface area contributed by atoms with Crippen molar-refractivity contribution in [2.75, 3.05) is 13.1 Å². The molecule has 0 aliphatic carbocycles. The average molecular weight is 315 g/mol. The van der Waals surface area contributed by atoms with E-state index in [0.29, 0.717) is 5.56 Å². The van der Waals surface area contributed by atoms with Crippen LogP contribution in [0.25, 0.3) is 0 Å². The lowest BCUT2D eigenvalue weighted by Crippen LogP contribution is -2.35. The molecule has 0 bridgehead atoms. The molecule has 0 aliphatic heterocycles. The van der Waals surface area contributed by atoms with Crippen molar-refractivity contribution in [3.05, 3.63) is 34.1 Å². The lowest BCUT2D eigenvalue weighted by molar-refractivity contribution is -0.126. The Morgan fingerprint density at radius 1 is 1.35 bits per heavy atom. The molecule has 0 heterocycles. The van der Waals surface area contributed by atoms with Gasteiger partial charge in [-0.2, -0.15) is 13.2 Å². The summed E-state index contributed by atoms with van der Waals surface area (Å²) >= 11 is 2.96. The zero-order valence-corrected chi connectivity index (χ0v) is 10.3. The standard InChI is InChI=1S/C10H11BrF4N2/c11-7-2-1-6(3-8(7)12)9(4-16)17-5-10(13,14)15/h1-3,9,17H,4-5,16H2. The molecular weight excluding hydrogens is 304 g/mol. The van der Waals surface area contributed by atoms with Gasteiger partial charge in [0.1, 0.15) is 5.82 Å². The molecule has 1 aromatic rings. The van der Waals surface area contributed by atoms with E-state index in [-0.39, 0.29) is 11.0 Å². The van der Waals surface area contributed by atoms with Gasteiger partial charge < -0.3 is 11.1 Å². The fourth-order valence-electron chi connectivity index (χ4n) is 1.31. The number of halogens is 5. The van der Waals surface area contributed by atoms with Crippen LogP contribution in [0.3, 0.4) is 0 Å². The molecule has 7 heteroatoms. The third-order valence-electron chi connectivity index (χ3n) is 2.13. The summed E-state index contributed by atoms with van der Waals surface area (Å²) in [5.74, 6) is -0.533. The van der Waals surface area contributed by atoms with Gasteiger partial charge in [-0.3, -0.25) is 0 Å². The molecule has 0 saturated heterocycles. The van der Waals surface area contributed by atoms with E-state index in [2.05, 4.69) is 21.2 Å². The molecule has 0 radical (unpaired) electrons. The summed E-state index contributed by atoms with van der Waals surface area (Å²) in [5, 5.41) is 2.24. The van der Waals surface area contributed by atoms with Crippen LogP contribution in [-0.2, 0) is 0 Å². The Labute approximate surface area is 104 Å². The Hall–Kier alpha value is -0.660. The first-order valence-electron chi connectivity index (χ1n) is 4.78. The lowest BCUT2D eigenvalue weighted by Gasteiger charge is -2.18. The molecule has 3 N–H and O–H groups in total. The summed E-state index contributed by atoms with van der Waals surface area (Å²) in [6, 6.07) is 3.39. The molecule has 0 aromatic heterocycles. The van der Waals surface area contributed by atoms with Crippen LogP contribution in [0.5, 0.6) is 0 Å². The third-order valence-corrected chi connectivity index (χ3v) is 2.77. The molecule has 2 nitrogen and oxygen atoms in total. The van der Waals surface area contributed by atoms with E-state index < -0.39 is 24.6 Å². The molecule has 0 spiro atoms. The van der Waals surface area contributed by atoms with Crippen molar-refractivity contribution in [1.29, 1.82) is 0 Å². The van der Waals surface area contributed by atoms with Gasteiger partial charge in [-0.05, 0) is 33.6 Å². The summed E-state index contributed by atoms with van der Waals surface area (Å²) in [6.45, 7) is -1.20. The predicted molar refractivity (Wildman–Crippen MR) is 60.0 cm³/mol. The van der Waals surface area contributed by atoms with Gasteiger partial charge >= 0.3 is 6.18 Å². The highest BCUT2D eigenvalue weighted by molar-refractivity contribution is 9.10. The minimum absolute atomic E-state index is 0.0445. The highest BCUT2D eigenvalue weighted by Gasteiger charge is 2.28. The van der Waals surface area contributed by atoms with E-state index in [1.807, 2.05) is 0 Å². The second kappa shape index (κ2) is 5.79. The SMILES string of the molecule is NCC(NCC(F)(F)F)c1ccc(Br)c(F)c1. The first kappa shape index (κ1) is 14.4. The van der Waals surface area contributed by atoms with Crippen LogP contribution in [0.2, 0.25) is 0 Å². The number of hydrogen-bond donors (Lipinski definition) is 2. The number of alkyl halides is 3. The summed E-state index contributed by atoms with van der Waals surface area (Å²) in [4.78, 5) is 0. The van der Waals surface area contributed by atoms with Crippen LogP contribution in [0.15, 0.2) is 22.7 Å². The maximum Gasteiger partial charge on any atom is 0.401 e. The van der Waals surface area contributed by atoms with Gasteiger partial charge in [0.25, 0.3) is 0 Å². The molecule has 17 heavy (non-hydrogen) atoms. The molecule has 1 aromatic carbocycles. The van der Waals surface area contributed by atoms with Crippen LogP contribution >= 0.6 is 15.9 Å². The summed E-state index contributed by atoms with van der Waals surface area (Å²) < 4.78 is 49.5. The van der Waals surface area contributed by atoms with E-state index in [9.17, 15) is 17.6 Å². The molecule has 1 atom stereocenters. The zero-order valence-electron chi connectivity index (χ0n) is 8.69. The summed E-state index contributed by atoms with van der Waals surface area (Å²) in [7, 11) is 0. The zero-order chi connectivity index (χ0) is 13.1. The fraction of sp³-hybridized carbons (Fsp3) is 0.400. The summed E-state index contributed by atoms with van der Waals surface area (Å²) in [6.07, 6.45) is -4.32. The average Bonchev–Trinajstić information content (AvgIpc) is 2.22. The van der Waals surface area contributed by atoms with Crippen molar-refractivity contribution in [2.24, 2.45) is 5.73 Å². The molecule has 0 fully saturated rings. The topological polar surface area (TPSA) is 38.0 Å². The predicted octanol–water partition coefficient (Wildman–Crippen LogP) is 2.74. The van der Waals surface area contributed by atoms with Crippen LogP contribution < -0.4 is 11.1 Å². The van der Waals surface area contributed by atoms with Crippen molar-refractivity contribution in [2.45, 2.75) is 12.2 Å². The van der Waals surface area contributed by atoms with Crippen LogP contribution in [-0.4, -0.2) is 19.3 Å². The Morgan fingerprint density at radius 3 is 2.47 bits per heavy atom. The van der Waals surface area contributed by atoms with E-state index in [4.69, 9.17) is 5.73 Å². The van der Waals surface area contributed by atoms with Gasteiger partial charge in [0.15, 0.2) is 0 Å². The van der Waals surface area contributed by atoms with Gasteiger partial charge in [0.2, 0.25) is 0 Å². The molecule has 0 saturated carbocycles. The molecular formula is C10H11BrF4N2. The second-order valence-corrected chi connectivity index (χ2v) is 4.31. The first-order valence-corrected chi connectivity index (χ1v) is 5.58. The maximum atomic E-state index is 13.2. The molecule has 0 aliphatic rings. The number of benzene rings is 1. The van der Waals surface area contributed by atoms with Gasteiger partial charge in [0, 0.05) is 12.6 Å². The van der Waals surface area contributed by atoms with Crippen molar-refractivity contribution < 1.29 is 17.6 Å². The van der Waals surface area contributed by atoms with Crippen LogP contribution in [0, 0.1) is 5.82 Å². The van der Waals surface area contributed by atoms with Gasteiger partial charge in [-0.25, -0.2) is 4.39 Å². The quantitative estimate of drug-likeness (QED) is 0.839. The highest BCUT2D eigenvalue weighted by atomic mass is 79.9. The van der Waals surface area contributed by atoms with Gasteiger partial charge in [0.05, 0.1) is 11.0 Å². The maximum absolute atomic E-state index is 13.2. The van der Waals surface area contributed by atoms with Crippen LogP contribution in [0.1, 0.15) is 11.6 Å². The van der Waals surface area contributed by atoms with E-state index in [0.717, 1.165) is 6.07 Å². The Bertz CT molecular complexity index is 381. The van der Waals surface area contributed by atoms with Crippen molar-refractivity contribution in [3.63, 3.8) is 0 Å². The van der Waals surface area contributed by atoms with Crippen LogP contribution in [0.4, 0.5) is 17.6 Å². The third kappa shape index (κ3) is 4.61. The molecule has 1 unspecified atom stereocenters. The molecule has 1 rings (SSSR count). The molecule has 0 amide bonds. The van der Waals surface area contributed by atoms with Crippen molar-refractivity contribution >= 4 is 15.9 Å². The second-order valence-electron chi connectivity index (χ2n) is 3.46. The summed E-state index contributed by atoms with van der Waals surface area (Å²) in [5.41, 5.74) is 5.74. The van der Waals surface area contributed by atoms with Crippen molar-refractivity contribution in [1.82, 2.24) is 5.32 Å². The smallest absolute Gasteiger partial charge is 0.329 e. The number of nitrogens with two attached hydrogens (primary N) is 1. The van der Waals surface area contributed by atoms with Crippen molar-refractivity contribution in [3.8, 4) is 0 Å². The molecule has 96 valence electrons. The Balaban J connectivity index is 2.76. The fourth-order valence-corrected chi connectivity index (χ4v) is 1.55. The monoisotopic (exact) mass is 314 g/mol. The Kier molecular flexibility index (Phi) is 4.91. The minimum Gasteiger partial charge on any atom is -0.329 e. The minimum atomic E-state index is -4.32. The van der Waals surface area contributed by atoms with E-state index >= 15 is 0 Å².